The van der Waals surface area contributed by atoms with Crippen molar-refractivity contribution in [2.45, 2.75) is 50.2 Å². The number of nitrogens with zero attached hydrogens (tertiary/aromatic N) is 2. The predicted molar refractivity (Wildman–Crippen MR) is 193 cm³/mol. The minimum atomic E-state index is -1.07. The summed E-state index contributed by atoms with van der Waals surface area (Å²) in [6.07, 6.45) is -0.934. The largest absolute Gasteiger partial charge is 0.497 e. The molecule has 1 aromatic heterocycles. The average Bonchev–Trinajstić information content (AvgIpc) is 3.57. The molecule has 2 unspecified atom stereocenters. The second-order valence-corrected chi connectivity index (χ2v) is 12.4. The van der Waals surface area contributed by atoms with Crippen molar-refractivity contribution >= 4 is 23.5 Å². The van der Waals surface area contributed by atoms with Crippen LogP contribution in [0.4, 0.5) is 5.82 Å². The molecule has 1 aliphatic rings. The van der Waals surface area contributed by atoms with Gasteiger partial charge in [0.05, 0.1) is 20.1 Å². The van der Waals surface area contributed by atoms with Gasteiger partial charge in [0.25, 0.3) is 5.91 Å². The SMILES string of the molecule is COc1ccc(C(=O)Nc2ccn(C3CC(OC(=O)CCC(C)=O)[C@@H](COC(c4ccccc4)(c4ccccc4)c4ccccc4)O3)c(=O)n2)cc1. The zero-order valence-corrected chi connectivity index (χ0v) is 28.8. The Morgan fingerprint density at radius 3 is 1.92 bits per heavy atom. The molecule has 11 heteroatoms. The molecule has 1 amide bonds. The van der Waals surface area contributed by atoms with Crippen LogP contribution in [0.1, 0.15) is 59.5 Å². The molecule has 0 saturated carbocycles. The van der Waals surface area contributed by atoms with Crippen molar-refractivity contribution in [2.75, 3.05) is 19.0 Å². The topological polar surface area (TPSA) is 135 Å². The van der Waals surface area contributed by atoms with E-state index in [9.17, 15) is 19.2 Å². The Bertz CT molecular complexity index is 1940. The van der Waals surface area contributed by atoms with Gasteiger partial charge in [-0.1, -0.05) is 91.0 Å². The molecule has 0 bridgehead atoms. The first-order valence-corrected chi connectivity index (χ1v) is 17.0. The molecule has 6 rings (SSSR count). The zero-order chi connectivity index (χ0) is 36.5. The molecule has 0 aliphatic carbocycles. The Hall–Kier alpha value is -5.91. The van der Waals surface area contributed by atoms with Crippen molar-refractivity contribution in [3.63, 3.8) is 0 Å². The third-order valence-electron chi connectivity index (χ3n) is 8.88. The highest BCUT2D eigenvalue weighted by atomic mass is 16.6. The number of ether oxygens (including phenoxy) is 4. The molecule has 2 heterocycles. The van der Waals surface area contributed by atoms with Gasteiger partial charge in [-0.2, -0.15) is 4.98 Å². The van der Waals surface area contributed by atoms with Crippen LogP contribution in [-0.4, -0.2) is 53.1 Å². The Labute approximate surface area is 301 Å². The lowest BCUT2D eigenvalue weighted by molar-refractivity contribution is -0.156. The number of methoxy groups -OCH3 is 1. The normalized spacial score (nSPS) is 16.9. The highest BCUT2D eigenvalue weighted by Crippen LogP contribution is 2.42. The molecule has 1 aliphatic heterocycles. The van der Waals surface area contributed by atoms with Crippen molar-refractivity contribution in [1.82, 2.24) is 9.55 Å². The highest BCUT2D eigenvalue weighted by Gasteiger charge is 2.44. The molecule has 1 N–H and O–H groups in total. The second kappa shape index (κ2) is 16.4. The molecule has 4 aromatic carbocycles. The molecular formula is C41H39N3O8. The van der Waals surface area contributed by atoms with E-state index in [1.54, 1.807) is 24.3 Å². The van der Waals surface area contributed by atoms with Crippen LogP contribution in [0.5, 0.6) is 5.75 Å². The number of carbonyl (C=O) groups excluding carboxylic acids is 3. The summed E-state index contributed by atoms with van der Waals surface area (Å²) in [5, 5.41) is 2.64. The van der Waals surface area contributed by atoms with Crippen LogP contribution in [0.15, 0.2) is 132 Å². The monoisotopic (exact) mass is 701 g/mol. The third-order valence-corrected chi connectivity index (χ3v) is 8.88. The summed E-state index contributed by atoms with van der Waals surface area (Å²) < 4.78 is 25.8. The number of amides is 1. The van der Waals surface area contributed by atoms with Crippen LogP contribution in [0.3, 0.4) is 0 Å². The van der Waals surface area contributed by atoms with Crippen LogP contribution in [0.25, 0.3) is 0 Å². The Balaban J connectivity index is 1.28. The van der Waals surface area contributed by atoms with Gasteiger partial charge in [-0.15, -0.1) is 0 Å². The minimum Gasteiger partial charge on any atom is -0.497 e. The van der Waals surface area contributed by atoms with Crippen LogP contribution < -0.4 is 15.7 Å². The first-order chi connectivity index (χ1) is 25.3. The molecule has 0 radical (unpaired) electrons. The van der Waals surface area contributed by atoms with Crippen molar-refractivity contribution in [1.29, 1.82) is 0 Å². The molecule has 3 atom stereocenters. The van der Waals surface area contributed by atoms with Gasteiger partial charge >= 0.3 is 11.7 Å². The van der Waals surface area contributed by atoms with Gasteiger partial charge in [0, 0.05) is 24.6 Å². The van der Waals surface area contributed by atoms with Gasteiger partial charge < -0.3 is 29.1 Å². The number of esters is 1. The predicted octanol–water partition coefficient (Wildman–Crippen LogP) is 6.08. The zero-order valence-electron chi connectivity index (χ0n) is 28.8. The van der Waals surface area contributed by atoms with Crippen molar-refractivity contribution in [3.05, 3.63) is 160 Å². The summed E-state index contributed by atoms with van der Waals surface area (Å²) in [5.41, 5.74) is 1.25. The van der Waals surface area contributed by atoms with Crippen LogP contribution >= 0.6 is 0 Å². The lowest BCUT2D eigenvalue weighted by Crippen LogP contribution is -2.39. The molecule has 1 saturated heterocycles. The summed E-state index contributed by atoms with van der Waals surface area (Å²) in [5.74, 6) is -0.473. The quantitative estimate of drug-likeness (QED) is 0.108. The minimum absolute atomic E-state index is 0.0297. The summed E-state index contributed by atoms with van der Waals surface area (Å²) in [6, 6.07) is 37.5. The number of hydrogen-bond donors (Lipinski definition) is 1. The number of carbonyl (C=O) groups is 3. The van der Waals surface area contributed by atoms with E-state index >= 15 is 0 Å². The number of nitrogens with one attached hydrogen (secondary N) is 1. The van der Waals surface area contributed by atoms with Crippen LogP contribution in [0, 0.1) is 0 Å². The maximum Gasteiger partial charge on any atom is 0.351 e. The average molecular weight is 702 g/mol. The number of aromatic nitrogens is 2. The molecule has 52 heavy (non-hydrogen) atoms. The van der Waals surface area contributed by atoms with Gasteiger partial charge in [-0.25, -0.2) is 4.79 Å². The maximum atomic E-state index is 13.3. The van der Waals surface area contributed by atoms with Gasteiger partial charge in [-0.05, 0) is 53.9 Å². The van der Waals surface area contributed by atoms with Crippen molar-refractivity contribution in [2.24, 2.45) is 0 Å². The fraction of sp³-hybridized carbons (Fsp3) is 0.244. The fourth-order valence-electron chi connectivity index (χ4n) is 6.26. The Morgan fingerprint density at radius 1 is 0.827 bits per heavy atom. The standard InChI is InChI=1S/C41H39N3O8/c1-28(45)18-23-38(46)52-34-26-37(44-25-24-36(43-40(44)48)42-39(47)29-19-21-33(49-2)22-20-29)51-35(34)27-50-41(30-12-6-3-7-13-30,31-14-8-4-9-15-31)32-16-10-5-11-17-32/h3-17,19-22,24-25,34-35,37H,18,23,26-27H2,1-2H3,(H,42,43,47,48)/t34?,35-,37?/m1/s1. The van der Waals surface area contributed by atoms with Crippen molar-refractivity contribution < 1.29 is 33.3 Å². The van der Waals surface area contributed by atoms with E-state index < -0.39 is 41.6 Å². The van der Waals surface area contributed by atoms with E-state index in [2.05, 4.69) is 10.3 Å². The number of benzene rings is 4. The van der Waals surface area contributed by atoms with E-state index in [0.29, 0.717) is 11.3 Å². The van der Waals surface area contributed by atoms with E-state index in [-0.39, 0.29) is 37.5 Å². The molecule has 11 nitrogen and oxygen atoms in total. The van der Waals surface area contributed by atoms with E-state index in [4.69, 9.17) is 18.9 Å². The highest BCUT2D eigenvalue weighted by molar-refractivity contribution is 6.03. The first-order valence-electron chi connectivity index (χ1n) is 17.0. The smallest absolute Gasteiger partial charge is 0.351 e. The molecule has 1 fully saturated rings. The lowest BCUT2D eigenvalue weighted by atomic mass is 9.80. The number of anilines is 1. The fourth-order valence-corrected chi connectivity index (χ4v) is 6.26. The van der Waals surface area contributed by atoms with Gasteiger partial charge in [0.1, 0.15) is 41.4 Å². The number of ketones is 1. The lowest BCUT2D eigenvalue weighted by Gasteiger charge is -2.37. The van der Waals surface area contributed by atoms with E-state index in [1.807, 2.05) is 91.0 Å². The third kappa shape index (κ3) is 8.17. The van der Waals surface area contributed by atoms with Crippen molar-refractivity contribution in [3.8, 4) is 5.75 Å². The molecule has 0 spiro atoms. The first kappa shape index (κ1) is 35.9. The summed E-state index contributed by atoms with van der Waals surface area (Å²) in [7, 11) is 1.53. The molecule has 5 aromatic rings. The molecular weight excluding hydrogens is 662 g/mol. The second-order valence-electron chi connectivity index (χ2n) is 12.4. The summed E-state index contributed by atoms with van der Waals surface area (Å²) in [6.45, 7) is 1.38. The van der Waals surface area contributed by atoms with Crippen LogP contribution in [-0.2, 0) is 29.4 Å². The van der Waals surface area contributed by atoms with Gasteiger partial charge in [0.15, 0.2) is 0 Å². The number of hydrogen-bond acceptors (Lipinski definition) is 9. The van der Waals surface area contributed by atoms with Gasteiger partial charge in [0.2, 0.25) is 0 Å². The van der Waals surface area contributed by atoms with E-state index in [0.717, 1.165) is 16.7 Å². The van der Waals surface area contributed by atoms with Crippen LogP contribution in [0.2, 0.25) is 0 Å². The number of Topliss-reactive ketones (excluding diaryl/α,β-unsaturated/α-hetero) is 1. The summed E-state index contributed by atoms with van der Waals surface area (Å²) in [4.78, 5) is 54.8. The Kier molecular flexibility index (Phi) is 11.3. The van der Waals surface area contributed by atoms with E-state index in [1.165, 1.54) is 30.9 Å². The summed E-state index contributed by atoms with van der Waals surface area (Å²) >= 11 is 0. The maximum absolute atomic E-state index is 13.3. The molecule has 266 valence electrons. The Morgan fingerprint density at radius 2 is 1.40 bits per heavy atom. The number of rotatable bonds is 14. The van der Waals surface area contributed by atoms with Gasteiger partial charge in [-0.3, -0.25) is 14.2 Å².